The Labute approximate surface area is 261 Å². The molecule has 1 saturated heterocycles. The first-order chi connectivity index (χ1) is 20.9. The van der Waals surface area contributed by atoms with Gasteiger partial charge >= 0.3 is 12.1 Å². The van der Waals surface area contributed by atoms with Gasteiger partial charge in [-0.1, -0.05) is 103 Å². The molecule has 5 rings (SSSR count). The Hall–Kier alpha value is -4.06. The largest absolute Gasteiger partial charge is 0.451 e. The maximum Gasteiger partial charge on any atom is 0.408 e. The smallest absolute Gasteiger partial charge is 0.408 e. The van der Waals surface area contributed by atoms with Crippen molar-refractivity contribution in [1.82, 2.24) is 15.2 Å². The van der Waals surface area contributed by atoms with Crippen LogP contribution in [0.4, 0.5) is 4.79 Å². The number of esters is 1. The van der Waals surface area contributed by atoms with Crippen LogP contribution in [-0.2, 0) is 19.1 Å². The molecule has 1 fully saturated rings. The minimum atomic E-state index is -1.09. The number of fused-ring (bicyclic) bond motifs is 1. The van der Waals surface area contributed by atoms with Crippen molar-refractivity contribution in [3.63, 3.8) is 0 Å². The number of para-hydroxylation sites is 1. The lowest BCUT2D eigenvalue weighted by Gasteiger charge is -2.49. The maximum atomic E-state index is 13.9. The molecular formula is C32H29N3O5S3. The van der Waals surface area contributed by atoms with E-state index in [2.05, 4.69) is 23.5 Å². The summed E-state index contributed by atoms with van der Waals surface area (Å²) in [5.41, 5.74) is 2.89. The molecule has 1 aliphatic heterocycles. The van der Waals surface area contributed by atoms with Crippen molar-refractivity contribution in [2.75, 3.05) is 6.61 Å². The number of likely N-dealkylation sites (tertiary alicyclic amines) is 1. The van der Waals surface area contributed by atoms with Crippen LogP contribution in [0, 0.1) is 0 Å². The number of β-lactam (4-membered cyclic amide) rings is 1. The molecule has 2 heterocycles. The van der Waals surface area contributed by atoms with Gasteiger partial charge in [-0.15, -0.1) is 11.3 Å². The van der Waals surface area contributed by atoms with E-state index in [1.54, 1.807) is 6.92 Å². The van der Waals surface area contributed by atoms with Crippen LogP contribution in [0.25, 0.3) is 10.2 Å². The van der Waals surface area contributed by atoms with E-state index in [0.717, 1.165) is 25.7 Å². The normalized spacial score (nSPS) is 16.8. The number of rotatable bonds is 12. The summed E-state index contributed by atoms with van der Waals surface area (Å²) >= 11 is 1.52. The lowest BCUT2D eigenvalue weighted by molar-refractivity contribution is -0.164. The van der Waals surface area contributed by atoms with E-state index in [1.807, 2.05) is 84.9 Å². The highest BCUT2D eigenvalue weighted by molar-refractivity contribution is 8.77. The van der Waals surface area contributed by atoms with Gasteiger partial charge in [0.15, 0.2) is 16.5 Å². The molecule has 4 aromatic rings. The van der Waals surface area contributed by atoms with Crippen molar-refractivity contribution in [1.29, 1.82) is 0 Å². The molecule has 0 saturated carbocycles. The lowest BCUT2D eigenvalue weighted by Crippen LogP contribution is -2.73. The molecule has 3 atom stereocenters. The monoisotopic (exact) mass is 631 g/mol. The van der Waals surface area contributed by atoms with Gasteiger partial charge in [0.2, 0.25) is 5.91 Å². The molecule has 11 heteroatoms. The second-order valence-electron chi connectivity index (χ2n) is 9.66. The van der Waals surface area contributed by atoms with Crippen molar-refractivity contribution in [3.05, 3.63) is 121 Å². The summed E-state index contributed by atoms with van der Waals surface area (Å²) in [5, 5.41) is 2.00. The lowest BCUT2D eigenvalue weighted by atomic mass is 9.98. The summed E-state index contributed by atoms with van der Waals surface area (Å²) in [6.45, 7) is 9.25. The number of carbonyl (C=O) groups is 3. The Balaban J connectivity index is 1.40. The molecule has 1 aromatic heterocycles. The molecule has 0 spiro atoms. The number of hydrogen-bond acceptors (Lipinski definition) is 9. The number of thiazole rings is 1. The van der Waals surface area contributed by atoms with Crippen molar-refractivity contribution in [3.8, 4) is 0 Å². The number of carbonyl (C=O) groups excluding carboxylic acids is 3. The van der Waals surface area contributed by atoms with Gasteiger partial charge in [-0.3, -0.25) is 4.79 Å². The van der Waals surface area contributed by atoms with Crippen LogP contribution in [0.1, 0.15) is 24.2 Å². The topological polar surface area (TPSA) is 97.8 Å². The van der Waals surface area contributed by atoms with Crippen LogP contribution in [0.5, 0.6) is 0 Å². The molecule has 43 heavy (non-hydrogen) atoms. The Morgan fingerprint density at radius 2 is 1.67 bits per heavy atom. The number of benzene rings is 3. The molecule has 1 aliphatic rings. The van der Waals surface area contributed by atoms with Crippen LogP contribution in [-0.4, -0.2) is 51.9 Å². The highest BCUT2D eigenvalue weighted by Gasteiger charge is 2.54. The summed E-state index contributed by atoms with van der Waals surface area (Å²) in [6, 6.07) is 24.6. The van der Waals surface area contributed by atoms with Gasteiger partial charge in [0, 0.05) is 0 Å². The predicted molar refractivity (Wildman–Crippen MR) is 172 cm³/mol. The fraction of sp³-hybridized carbons (Fsp3) is 0.188. The summed E-state index contributed by atoms with van der Waals surface area (Å²) in [4.78, 5) is 45.9. The van der Waals surface area contributed by atoms with E-state index in [-0.39, 0.29) is 6.61 Å². The molecule has 1 N–H and O–H groups in total. The molecular weight excluding hydrogens is 603 g/mol. The van der Waals surface area contributed by atoms with Gasteiger partial charge < -0.3 is 19.7 Å². The van der Waals surface area contributed by atoms with E-state index >= 15 is 0 Å². The first-order valence-corrected chi connectivity index (χ1v) is 16.4. The first-order valence-electron chi connectivity index (χ1n) is 13.4. The van der Waals surface area contributed by atoms with E-state index in [0.29, 0.717) is 5.57 Å². The van der Waals surface area contributed by atoms with Crippen LogP contribution < -0.4 is 5.32 Å². The van der Waals surface area contributed by atoms with Crippen LogP contribution >= 0.6 is 32.9 Å². The van der Waals surface area contributed by atoms with Crippen molar-refractivity contribution < 1.29 is 23.9 Å². The number of amides is 2. The molecule has 0 radical (unpaired) electrons. The van der Waals surface area contributed by atoms with Gasteiger partial charge in [0.25, 0.3) is 0 Å². The standard InChI is InChI=1S/C32H29N3O5S3/c1-4-19-39-31(38)34-25-28(36)35(29(25)42-43-32-33-23-17-11-12-18-24(23)41-32)26(20(2)3)30(37)40-27(21-13-7-5-8-14-21)22-15-9-6-10-16-22/h4-18,25-27,29H,1-2,19H2,3H3,(H,34,38)/t25-,26?,29-/m1/s1. The highest BCUT2D eigenvalue weighted by atomic mass is 33.1. The van der Waals surface area contributed by atoms with Gasteiger partial charge in [0.1, 0.15) is 18.0 Å². The molecule has 8 nitrogen and oxygen atoms in total. The molecule has 0 aliphatic carbocycles. The molecule has 2 amide bonds. The van der Waals surface area contributed by atoms with Gasteiger partial charge in [0.05, 0.1) is 10.2 Å². The summed E-state index contributed by atoms with van der Waals surface area (Å²) in [5.74, 6) is -1.07. The molecule has 0 bridgehead atoms. The van der Waals surface area contributed by atoms with Crippen LogP contribution in [0.15, 0.2) is 114 Å². The first kappa shape index (κ1) is 30.4. The Kier molecular flexibility index (Phi) is 9.86. The van der Waals surface area contributed by atoms with E-state index in [9.17, 15) is 14.4 Å². The Morgan fingerprint density at radius 1 is 1.05 bits per heavy atom. The van der Waals surface area contributed by atoms with E-state index in [1.165, 1.54) is 43.9 Å². The van der Waals surface area contributed by atoms with Crippen LogP contribution in [0.2, 0.25) is 0 Å². The fourth-order valence-corrected chi connectivity index (χ4v) is 8.55. The number of aromatic nitrogens is 1. The fourth-order valence-electron chi connectivity index (χ4n) is 4.59. The minimum absolute atomic E-state index is 0.00417. The predicted octanol–water partition coefficient (Wildman–Crippen LogP) is 6.76. The molecule has 220 valence electrons. The van der Waals surface area contributed by atoms with Gasteiger partial charge in [-0.25, -0.2) is 14.6 Å². The van der Waals surface area contributed by atoms with E-state index in [4.69, 9.17) is 9.47 Å². The average molecular weight is 632 g/mol. The van der Waals surface area contributed by atoms with E-state index < -0.39 is 41.5 Å². The summed E-state index contributed by atoms with van der Waals surface area (Å²) in [6.07, 6.45) is -0.0116. The quantitative estimate of drug-likeness (QED) is 0.0793. The van der Waals surface area contributed by atoms with Crippen molar-refractivity contribution in [2.24, 2.45) is 0 Å². The SMILES string of the molecule is C=CCOC(=O)N[C@@H]1C(=O)N(C(C(=C)C)C(=O)OC(c2ccccc2)c2ccccc2)[C@@H]1SSc1nc2ccccc2s1. The van der Waals surface area contributed by atoms with Gasteiger partial charge in [-0.2, -0.15) is 0 Å². The zero-order chi connectivity index (χ0) is 30.3. The average Bonchev–Trinajstić information content (AvgIpc) is 3.45. The second kappa shape index (κ2) is 13.9. The number of alkyl carbamates (subject to hydrolysis) is 1. The van der Waals surface area contributed by atoms with Crippen LogP contribution in [0.3, 0.4) is 0 Å². The summed E-state index contributed by atoms with van der Waals surface area (Å²) in [7, 11) is 2.70. The third-order valence-corrected chi connectivity index (χ3v) is 10.6. The Morgan fingerprint density at radius 3 is 2.28 bits per heavy atom. The Bertz CT molecular complexity index is 1560. The number of hydrogen-bond donors (Lipinski definition) is 1. The molecule has 3 aromatic carbocycles. The zero-order valence-corrected chi connectivity index (χ0v) is 25.7. The number of nitrogens with one attached hydrogen (secondary N) is 1. The summed E-state index contributed by atoms with van der Waals surface area (Å²) < 4.78 is 13.0. The highest BCUT2D eigenvalue weighted by Crippen LogP contribution is 2.45. The third-order valence-electron chi connectivity index (χ3n) is 6.58. The van der Waals surface area contributed by atoms with Crippen molar-refractivity contribution in [2.45, 2.75) is 34.8 Å². The third kappa shape index (κ3) is 6.96. The number of ether oxygens (including phenoxy) is 2. The van der Waals surface area contributed by atoms with Gasteiger partial charge in [-0.05, 0) is 46.6 Å². The second-order valence-corrected chi connectivity index (χ2v) is 13.3. The molecule has 1 unspecified atom stereocenters. The maximum absolute atomic E-state index is 13.9. The zero-order valence-electron chi connectivity index (χ0n) is 23.3. The minimum Gasteiger partial charge on any atom is -0.451 e. The number of nitrogens with zero attached hydrogens (tertiary/aromatic N) is 2. The van der Waals surface area contributed by atoms with Crippen molar-refractivity contribution >= 4 is 61.1 Å².